The van der Waals surface area contributed by atoms with Gasteiger partial charge < -0.3 is 9.32 Å². The van der Waals surface area contributed by atoms with Gasteiger partial charge in [-0.1, -0.05) is 25.9 Å². The number of hydrogen-bond donors (Lipinski definition) is 0. The Bertz CT molecular complexity index is 401. The Hall–Kier alpha value is -1.23. The molecule has 0 aromatic carbocycles. The molecule has 0 N–H and O–H groups in total. The second-order valence-corrected chi connectivity index (χ2v) is 6.02. The van der Waals surface area contributed by atoms with Gasteiger partial charge in [0.1, 0.15) is 6.29 Å². The van der Waals surface area contributed by atoms with Crippen molar-refractivity contribution in [3.8, 4) is 0 Å². The molecule has 0 bridgehead atoms. The molecule has 0 aliphatic carbocycles. The van der Waals surface area contributed by atoms with Crippen LogP contribution < -0.4 is 0 Å². The van der Waals surface area contributed by atoms with Crippen molar-refractivity contribution in [3.63, 3.8) is 0 Å². The number of aldehydes is 1. The van der Waals surface area contributed by atoms with Crippen molar-refractivity contribution >= 4 is 6.29 Å². The molecule has 1 fully saturated rings. The van der Waals surface area contributed by atoms with Crippen LogP contribution in [0.5, 0.6) is 0 Å². The summed E-state index contributed by atoms with van der Waals surface area (Å²) in [5, 5.41) is 4.02. The maximum atomic E-state index is 10.7. The Kier molecular flexibility index (Phi) is 3.80. The maximum absolute atomic E-state index is 10.7. The molecule has 2 heterocycles. The quantitative estimate of drug-likeness (QED) is 0.766. The van der Waals surface area contributed by atoms with Gasteiger partial charge in [-0.2, -0.15) is 4.98 Å². The first-order valence-electron chi connectivity index (χ1n) is 6.50. The summed E-state index contributed by atoms with van der Waals surface area (Å²) in [5.74, 6) is 1.65. The van der Waals surface area contributed by atoms with Gasteiger partial charge in [-0.3, -0.25) is 4.90 Å². The lowest BCUT2D eigenvalue weighted by Gasteiger charge is -2.28. The van der Waals surface area contributed by atoms with Crippen LogP contribution in [-0.4, -0.2) is 34.4 Å². The highest BCUT2D eigenvalue weighted by Gasteiger charge is 2.24. The van der Waals surface area contributed by atoms with Crippen LogP contribution in [-0.2, 0) is 16.8 Å². The minimum absolute atomic E-state index is 0.101. The predicted molar refractivity (Wildman–Crippen MR) is 67.1 cm³/mol. The molecule has 2 rings (SSSR count). The van der Waals surface area contributed by atoms with Gasteiger partial charge in [0, 0.05) is 11.3 Å². The van der Waals surface area contributed by atoms with Crippen LogP contribution in [0.1, 0.15) is 45.3 Å². The number of carbonyl (C=O) groups is 1. The van der Waals surface area contributed by atoms with Gasteiger partial charge in [0.2, 0.25) is 5.89 Å². The number of piperidine rings is 1. The number of hydrogen-bond acceptors (Lipinski definition) is 5. The fourth-order valence-corrected chi connectivity index (χ4v) is 2.07. The van der Waals surface area contributed by atoms with Crippen molar-refractivity contribution in [1.82, 2.24) is 15.0 Å². The van der Waals surface area contributed by atoms with Crippen LogP contribution in [0.3, 0.4) is 0 Å². The molecule has 0 atom stereocenters. The smallest absolute Gasteiger partial charge is 0.232 e. The second-order valence-electron chi connectivity index (χ2n) is 6.02. The zero-order chi connectivity index (χ0) is 13.2. The van der Waals surface area contributed by atoms with Gasteiger partial charge in [0.05, 0.1) is 6.54 Å². The van der Waals surface area contributed by atoms with Crippen molar-refractivity contribution in [2.24, 2.45) is 5.92 Å². The summed E-state index contributed by atoms with van der Waals surface area (Å²) < 4.78 is 5.27. The standard InChI is InChI=1S/C13H21N3O2/c1-13(2,3)12-14-11(15-18-12)8-16-6-4-10(9-17)5-7-16/h9-10H,4-8H2,1-3H3. The second kappa shape index (κ2) is 5.18. The maximum Gasteiger partial charge on any atom is 0.232 e. The Labute approximate surface area is 108 Å². The molecular formula is C13H21N3O2. The van der Waals surface area contributed by atoms with E-state index in [0.717, 1.165) is 38.0 Å². The first-order chi connectivity index (χ1) is 8.49. The molecule has 1 aliphatic heterocycles. The van der Waals surface area contributed by atoms with E-state index in [-0.39, 0.29) is 11.3 Å². The number of nitrogens with zero attached hydrogens (tertiary/aromatic N) is 3. The average Bonchev–Trinajstić information content (AvgIpc) is 2.78. The zero-order valence-corrected chi connectivity index (χ0v) is 11.3. The summed E-state index contributed by atoms with van der Waals surface area (Å²) in [4.78, 5) is 17.4. The van der Waals surface area contributed by atoms with E-state index < -0.39 is 0 Å². The molecule has 100 valence electrons. The minimum atomic E-state index is -0.101. The molecule has 0 amide bonds. The normalized spacial score (nSPS) is 19.1. The SMILES string of the molecule is CC(C)(C)c1nc(CN2CCC(C=O)CC2)no1. The number of carbonyl (C=O) groups excluding carboxylic acids is 1. The van der Waals surface area contributed by atoms with Crippen LogP contribution >= 0.6 is 0 Å². The molecule has 1 aliphatic rings. The van der Waals surface area contributed by atoms with Gasteiger partial charge in [0.25, 0.3) is 0 Å². The first-order valence-corrected chi connectivity index (χ1v) is 6.50. The molecule has 0 spiro atoms. The zero-order valence-electron chi connectivity index (χ0n) is 11.3. The highest BCUT2D eigenvalue weighted by Crippen LogP contribution is 2.21. The van der Waals surface area contributed by atoms with Crippen LogP contribution in [0.25, 0.3) is 0 Å². The van der Waals surface area contributed by atoms with Crippen molar-refractivity contribution < 1.29 is 9.32 Å². The average molecular weight is 251 g/mol. The molecule has 0 unspecified atom stereocenters. The topological polar surface area (TPSA) is 59.2 Å². The largest absolute Gasteiger partial charge is 0.339 e. The van der Waals surface area contributed by atoms with Crippen molar-refractivity contribution in [1.29, 1.82) is 0 Å². The Morgan fingerprint density at radius 3 is 2.56 bits per heavy atom. The van der Waals surface area contributed by atoms with Crippen LogP contribution in [0.15, 0.2) is 4.52 Å². The number of aromatic nitrogens is 2. The molecule has 0 saturated carbocycles. The Morgan fingerprint density at radius 1 is 1.39 bits per heavy atom. The van der Waals surface area contributed by atoms with E-state index in [1.165, 1.54) is 0 Å². The Balaban J connectivity index is 1.91. The third-order valence-corrected chi connectivity index (χ3v) is 3.30. The molecule has 5 heteroatoms. The van der Waals surface area contributed by atoms with Gasteiger partial charge in [0.15, 0.2) is 5.82 Å². The van der Waals surface area contributed by atoms with E-state index in [1.54, 1.807) is 0 Å². The first kappa shape index (κ1) is 13.2. The molecule has 18 heavy (non-hydrogen) atoms. The monoisotopic (exact) mass is 251 g/mol. The minimum Gasteiger partial charge on any atom is -0.339 e. The molecule has 1 saturated heterocycles. The van der Waals surface area contributed by atoms with E-state index in [9.17, 15) is 4.79 Å². The number of rotatable bonds is 3. The molecule has 0 radical (unpaired) electrons. The van der Waals surface area contributed by atoms with E-state index in [2.05, 4.69) is 35.8 Å². The molecule has 1 aromatic heterocycles. The lowest BCUT2D eigenvalue weighted by Crippen LogP contribution is -2.34. The Morgan fingerprint density at radius 2 is 2.06 bits per heavy atom. The van der Waals surface area contributed by atoms with Crippen LogP contribution in [0.4, 0.5) is 0 Å². The van der Waals surface area contributed by atoms with Crippen LogP contribution in [0.2, 0.25) is 0 Å². The van der Waals surface area contributed by atoms with E-state index >= 15 is 0 Å². The van der Waals surface area contributed by atoms with E-state index in [1.807, 2.05) is 0 Å². The summed E-state index contributed by atoms with van der Waals surface area (Å²) in [6, 6.07) is 0. The van der Waals surface area contributed by atoms with E-state index in [0.29, 0.717) is 12.4 Å². The lowest BCUT2D eigenvalue weighted by molar-refractivity contribution is -0.112. The highest BCUT2D eigenvalue weighted by molar-refractivity contribution is 5.53. The fourth-order valence-electron chi connectivity index (χ4n) is 2.07. The molecule has 1 aromatic rings. The summed E-state index contributed by atoms with van der Waals surface area (Å²) in [6.07, 6.45) is 2.95. The van der Waals surface area contributed by atoms with Gasteiger partial charge in [-0.25, -0.2) is 0 Å². The van der Waals surface area contributed by atoms with Crippen molar-refractivity contribution in [2.45, 2.75) is 45.6 Å². The van der Waals surface area contributed by atoms with Gasteiger partial charge in [-0.15, -0.1) is 0 Å². The van der Waals surface area contributed by atoms with Crippen molar-refractivity contribution in [3.05, 3.63) is 11.7 Å². The summed E-state index contributed by atoms with van der Waals surface area (Å²) in [6.45, 7) is 8.75. The van der Waals surface area contributed by atoms with Gasteiger partial charge in [-0.05, 0) is 25.9 Å². The van der Waals surface area contributed by atoms with Gasteiger partial charge >= 0.3 is 0 Å². The lowest BCUT2D eigenvalue weighted by atomic mass is 9.97. The third-order valence-electron chi connectivity index (χ3n) is 3.30. The predicted octanol–water partition coefficient (Wildman–Crippen LogP) is 1.78. The summed E-state index contributed by atoms with van der Waals surface area (Å²) in [5.41, 5.74) is -0.101. The fraction of sp³-hybridized carbons (Fsp3) is 0.769. The summed E-state index contributed by atoms with van der Waals surface area (Å²) in [7, 11) is 0. The number of likely N-dealkylation sites (tertiary alicyclic amines) is 1. The van der Waals surface area contributed by atoms with Crippen LogP contribution in [0, 0.1) is 5.92 Å². The van der Waals surface area contributed by atoms with Crippen molar-refractivity contribution in [2.75, 3.05) is 13.1 Å². The molecule has 5 nitrogen and oxygen atoms in total. The highest BCUT2D eigenvalue weighted by atomic mass is 16.5. The third kappa shape index (κ3) is 3.16. The summed E-state index contributed by atoms with van der Waals surface area (Å²) >= 11 is 0. The van der Waals surface area contributed by atoms with E-state index in [4.69, 9.17) is 4.52 Å². The molecular weight excluding hydrogens is 230 g/mol.